The molecule has 1 aromatic heterocycles. The molecular formula is C17H27ClN2O2S. The van der Waals surface area contributed by atoms with E-state index in [0.717, 1.165) is 43.2 Å². The minimum atomic E-state index is -0.440. The van der Waals surface area contributed by atoms with Gasteiger partial charge in [0.25, 0.3) is 0 Å². The van der Waals surface area contributed by atoms with Gasteiger partial charge in [-0.1, -0.05) is 11.6 Å². The number of nitrogens with one attached hydrogen (secondary N) is 1. The SMILES string of the molecule is CC(C)(C)OC(=O)N1CCCCC1CNCCc1ccc(Cl)s1. The minimum absolute atomic E-state index is 0.186. The van der Waals surface area contributed by atoms with Crippen LogP contribution >= 0.6 is 22.9 Å². The van der Waals surface area contributed by atoms with Gasteiger partial charge >= 0.3 is 6.09 Å². The molecule has 0 saturated carbocycles. The largest absolute Gasteiger partial charge is 0.444 e. The molecule has 2 rings (SSSR count). The highest BCUT2D eigenvalue weighted by Gasteiger charge is 2.30. The quantitative estimate of drug-likeness (QED) is 0.797. The highest BCUT2D eigenvalue weighted by molar-refractivity contribution is 7.16. The lowest BCUT2D eigenvalue weighted by atomic mass is 10.0. The number of amides is 1. The molecule has 1 saturated heterocycles. The molecule has 2 heterocycles. The highest BCUT2D eigenvalue weighted by Crippen LogP contribution is 2.22. The van der Waals surface area contributed by atoms with Crippen LogP contribution in [0, 0.1) is 0 Å². The Bertz CT molecular complexity index is 513. The van der Waals surface area contributed by atoms with E-state index in [9.17, 15) is 4.79 Å². The third-order valence-corrected chi connectivity index (χ3v) is 5.10. The van der Waals surface area contributed by atoms with Crippen LogP contribution in [0.3, 0.4) is 0 Å². The zero-order valence-electron chi connectivity index (χ0n) is 14.2. The Balaban J connectivity index is 1.78. The molecule has 1 aromatic rings. The van der Waals surface area contributed by atoms with Crippen molar-refractivity contribution < 1.29 is 9.53 Å². The van der Waals surface area contributed by atoms with Crippen molar-refractivity contribution in [2.24, 2.45) is 0 Å². The summed E-state index contributed by atoms with van der Waals surface area (Å²) >= 11 is 7.57. The second-order valence-electron chi connectivity index (χ2n) is 6.98. The summed E-state index contributed by atoms with van der Waals surface area (Å²) in [6, 6.07) is 4.24. The van der Waals surface area contributed by atoms with Crippen LogP contribution in [0.2, 0.25) is 4.34 Å². The maximum absolute atomic E-state index is 12.3. The molecule has 4 nitrogen and oxygen atoms in total. The Labute approximate surface area is 148 Å². The number of nitrogens with zero attached hydrogens (tertiary/aromatic N) is 1. The first-order valence-electron chi connectivity index (χ1n) is 8.30. The maximum atomic E-state index is 12.3. The number of carbonyl (C=O) groups is 1. The van der Waals surface area contributed by atoms with Crippen molar-refractivity contribution in [1.29, 1.82) is 0 Å². The Hall–Kier alpha value is -0.780. The molecule has 6 heteroatoms. The molecular weight excluding hydrogens is 332 g/mol. The van der Waals surface area contributed by atoms with Crippen molar-refractivity contribution in [2.75, 3.05) is 19.6 Å². The van der Waals surface area contributed by atoms with Crippen LogP contribution in [-0.4, -0.2) is 42.3 Å². The summed E-state index contributed by atoms with van der Waals surface area (Å²) in [4.78, 5) is 15.5. The van der Waals surface area contributed by atoms with Gasteiger partial charge in [0, 0.05) is 30.6 Å². The Morgan fingerprint density at radius 2 is 2.22 bits per heavy atom. The van der Waals surface area contributed by atoms with Crippen LogP contribution in [0.25, 0.3) is 0 Å². The third-order valence-electron chi connectivity index (χ3n) is 3.81. The average Bonchev–Trinajstić information content (AvgIpc) is 2.88. The topological polar surface area (TPSA) is 41.6 Å². The number of likely N-dealkylation sites (tertiary alicyclic amines) is 1. The lowest BCUT2D eigenvalue weighted by Gasteiger charge is -2.37. The zero-order chi connectivity index (χ0) is 16.9. The Kier molecular flexibility index (Phi) is 6.74. The van der Waals surface area contributed by atoms with Crippen LogP contribution in [0.5, 0.6) is 0 Å². The van der Waals surface area contributed by atoms with Crippen LogP contribution in [0.15, 0.2) is 12.1 Å². The molecule has 1 aliphatic heterocycles. The lowest BCUT2D eigenvalue weighted by molar-refractivity contribution is 0.00999. The average molecular weight is 359 g/mol. The number of halogens is 1. The second kappa shape index (κ2) is 8.36. The van der Waals surface area contributed by atoms with E-state index in [1.165, 1.54) is 11.3 Å². The van der Waals surface area contributed by atoms with Crippen molar-refractivity contribution in [3.05, 3.63) is 21.3 Å². The van der Waals surface area contributed by atoms with E-state index in [0.29, 0.717) is 0 Å². The van der Waals surface area contributed by atoms with Crippen molar-refractivity contribution >= 4 is 29.0 Å². The summed E-state index contributed by atoms with van der Waals surface area (Å²) in [5.74, 6) is 0. The summed E-state index contributed by atoms with van der Waals surface area (Å²) in [5.41, 5.74) is -0.440. The Morgan fingerprint density at radius 1 is 1.43 bits per heavy atom. The van der Waals surface area contributed by atoms with Gasteiger partial charge in [0.05, 0.1) is 4.34 Å². The van der Waals surface area contributed by atoms with E-state index >= 15 is 0 Å². The fourth-order valence-electron chi connectivity index (χ4n) is 2.74. The predicted octanol–water partition coefficient (Wildman–Crippen LogP) is 4.32. The summed E-state index contributed by atoms with van der Waals surface area (Å²) in [5, 5.41) is 3.47. The molecule has 0 spiro atoms. The summed E-state index contributed by atoms with van der Waals surface area (Å²) in [6.45, 7) is 8.24. The smallest absolute Gasteiger partial charge is 0.410 e. The monoisotopic (exact) mass is 358 g/mol. The van der Waals surface area contributed by atoms with Gasteiger partial charge in [0.1, 0.15) is 5.60 Å². The fraction of sp³-hybridized carbons (Fsp3) is 0.706. The first kappa shape index (κ1) is 18.6. The molecule has 23 heavy (non-hydrogen) atoms. The van der Waals surface area contributed by atoms with E-state index in [1.807, 2.05) is 31.7 Å². The molecule has 0 aromatic carbocycles. The maximum Gasteiger partial charge on any atom is 0.410 e. The van der Waals surface area contributed by atoms with E-state index < -0.39 is 5.60 Å². The van der Waals surface area contributed by atoms with Crippen molar-refractivity contribution in [2.45, 2.75) is 58.1 Å². The van der Waals surface area contributed by atoms with Gasteiger partial charge < -0.3 is 15.0 Å². The van der Waals surface area contributed by atoms with E-state index in [2.05, 4.69) is 11.4 Å². The molecule has 0 aliphatic carbocycles. The van der Waals surface area contributed by atoms with Gasteiger partial charge in [-0.3, -0.25) is 0 Å². The van der Waals surface area contributed by atoms with Crippen molar-refractivity contribution in [1.82, 2.24) is 10.2 Å². The normalized spacial score (nSPS) is 19.0. The predicted molar refractivity (Wildman–Crippen MR) is 96.5 cm³/mol. The third kappa shape index (κ3) is 6.32. The van der Waals surface area contributed by atoms with Crippen LogP contribution in [0.1, 0.15) is 44.9 Å². The lowest BCUT2D eigenvalue weighted by Crippen LogP contribution is -2.50. The number of carbonyl (C=O) groups excluding carboxylic acids is 1. The second-order valence-corrected chi connectivity index (χ2v) is 8.78. The first-order valence-corrected chi connectivity index (χ1v) is 9.49. The summed E-state index contributed by atoms with van der Waals surface area (Å²) in [7, 11) is 0. The van der Waals surface area contributed by atoms with Gasteiger partial charge in [0.15, 0.2) is 0 Å². The van der Waals surface area contributed by atoms with Gasteiger partial charge in [-0.2, -0.15) is 0 Å². The molecule has 1 fully saturated rings. The van der Waals surface area contributed by atoms with E-state index in [1.54, 1.807) is 11.3 Å². The van der Waals surface area contributed by atoms with E-state index in [-0.39, 0.29) is 12.1 Å². The van der Waals surface area contributed by atoms with Gasteiger partial charge in [-0.05, 0) is 58.6 Å². The number of hydrogen-bond donors (Lipinski definition) is 1. The number of hydrogen-bond acceptors (Lipinski definition) is 4. The zero-order valence-corrected chi connectivity index (χ0v) is 15.8. The van der Waals surface area contributed by atoms with Crippen LogP contribution < -0.4 is 5.32 Å². The number of piperidine rings is 1. The molecule has 1 unspecified atom stereocenters. The molecule has 1 atom stereocenters. The standard InChI is InChI=1S/C17H27ClN2O2S/c1-17(2,3)22-16(21)20-11-5-4-6-13(20)12-19-10-9-14-7-8-15(18)23-14/h7-8,13,19H,4-6,9-12H2,1-3H3. The molecule has 1 aliphatic rings. The summed E-state index contributed by atoms with van der Waals surface area (Å²) < 4.78 is 6.37. The molecule has 0 bridgehead atoms. The minimum Gasteiger partial charge on any atom is -0.444 e. The highest BCUT2D eigenvalue weighted by atomic mass is 35.5. The number of rotatable bonds is 5. The summed E-state index contributed by atoms with van der Waals surface area (Å²) in [6.07, 6.45) is 4.05. The van der Waals surface area contributed by atoms with Crippen molar-refractivity contribution in [3.63, 3.8) is 0 Å². The van der Waals surface area contributed by atoms with E-state index in [4.69, 9.17) is 16.3 Å². The van der Waals surface area contributed by atoms with Crippen LogP contribution in [0.4, 0.5) is 4.79 Å². The van der Waals surface area contributed by atoms with Gasteiger partial charge in [-0.15, -0.1) is 11.3 Å². The fourth-order valence-corrected chi connectivity index (χ4v) is 3.83. The van der Waals surface area contributed by atoms with Crippen LogP contribution in [-0.2, 0) is 11.2 Å². The molecule has 1 amide bonds. The molecule has 0 radical (unpaired) electrons. The number of thiophene rings is 1. The van der Waals surface area contributed by atoms with Gasteiger partial charge in [0.2, 0.25) is 0 Å². The Morgan fingerprint density at radius 3 is 2.87 bits per heavy atom. The van der Waals surface area contributed by atoms with Crippen molar-refractivity contribution in [3.8, 4) is 0 Å². The molecule has 130 valence electrons. The van der Waals surface area contributed by atoms with Gasteiger partial charge in [-0.25, -0.2) is 4.79 Å². The molecule has 1 N–H and O–H groups in total. The number of ether oxygens (including phenoxy) is 1. The first-order chi connectivity index (χ1) is 10.8.